The molecule has 0 bridgehead atoms. The van der Waals surface area contributed by atoms with Crippen molar-refractivity contribution in [2.75, 3.05) is 14.2 Å². The molecule has 4 nitrogen and oxygen atoms in total. The SMILES string of the molecule is COc1ccc(C(NC(=O)c2ccc(C)c(OC)c2)C(C)C)cc1. The molecular formula is C20H25NO3. The van der Waals surface area contributed by atoms with Gasteiger partial charge in [-0.1, -0.05) is 32.0 Å². The topological polar surface area (TPSA) is 47.6 Å². The number of hydrogen-bond acceptors (Lipinski definition) is 3. The molecule has 24 heavy (non-hydrogen) atoms. The van der Waals surface area contributed by atoms with Gasteiger partial charge in [0.1, 0.15) is 11.5 Å². The first-order valence-electron chi connectivity index (χ1n) is 8.05. The van der Waals surface area contributed by atoms with Crippen LogP contribution in [-0.4, -0.2) is 20.1 Å². The predicted molar refractivity (Wildman–Crippen MR) is 95.8 cm³/mol. The van der Waals surface area contributed by atoms with Crippen molar-refractivity contribution in [2.24, 2.45) is 5.92 Å². The zero-order valence-electron chi connectivity index (χ0n) is 14.9. The third-order valence-corrected chi connectivity index (χ3v) is 4.10. The molecule has 0 fully saturated rings. The summed E-state index contributed by atoms with van der Waals surface area (Å²) >= 11 is 0. The summed E-state index contributed by atoms with van der Waals surface area (Å²) in [6.45, 7) is 6.13. The monoisotopic (exact) mass is 327 g/mol. The fraction of sp³-hybridized carbons (Fsp3) is 0.350. The molecule has 1 amide bonds. The van der Waals surface area contributed by atoms with E-state index in [1.54, 1.807) is 20.3 Å². The smallest absolute Gasteiger partial charge is 0.251 e. The Hall–Kier alpha value is -2.49. The van der Waals surface area contributed by atoms with E-state index >= 15 is 0 Å². The first-order valence-corrected chi connectivity index (χ1v) is 8.05. The molecule has 0 aliphatic carbocycles. The van der Waals surface area contributed by atoms with Gasteiger partial charge in [-0.3, -0.25) is 4.79 Å². The Morgan fingerprint density at radius 3 is 2.21 bits per heavy atom. The van der Waals surface area contributed by atoms with Crippen LogP contribution in [0.15, 0.2) is 42.5 Å². The molecule has 1 unspecified atom stereocenters. The highest BCUT2D eigenvalue weighted by Crippen LogP contribution is 2.25. The number of rotatable bonds is 6. The van der Waals surface area contributed by atoms with E-state index in [9.17, 15) is 4.79 Å². The Bertz CT molecular complexity index is 693. The van der Waals surface area contributed by atoms with E-state index in [4.69, 9.17) is 9.47 Å². The van der Waals surface area contributed by atoms with Crippen LogP contribution in [0.2, 0.25) is 0 Å². The third-order valence-electron chi connectivity index (χ3n) is 4.10. The number of carbonyl (C=O) groups is 1. The molecule has 0 saturated heterocycles. The van der Waals surface area contributed by atoms with E-state index in [1.807, 2.05) is 43.3 Å². The number of nitrogens with one attached hydrogen (secondary N) is 1. The molecule has 2 rings (SSSR count). The molecule has 128 valence electrons. The minimum atomic E-state index is -0.109. The fourth-order valence-electron chi connectivity index (χ4n) is 2.63. The summed E-state index contributed by atoms with van der Waals surface area (Å²) in [5.74, 6) is 1.67. The molecule has 0 aliphatic heterocycles. The van der Waals surface area contributed by atoms with Crippen molar-refractivity contribution in [2.45, 2.75) is 26.8 Å². The normalized spacial score (nSPS) is 11.9. The molecule has 0 saturated carbocycles. The molecular weight excluding hydrogens is 302 g/mol. The van der Waals surface area contributed by atoms with Crippen LogP contribution in [0.3, 0.4) is 0 Å². The summed E-state index contributed by atoms with van der Waals surface area (Å²) in [6, 6.07) is 13.2. The first kappa shape index (κ1) is 17.9. The summed E-state index contributed by atoms with van der Waals surface area (Å²) in [7, 11) is 3.25. The van der Waals surface area contributed by atoms with Crippen LogP contribution in [0.25, 0.3) is 0 Å². The second kappa shape index (κ2) is 7.86. The van der Waals surface area contributed by atoms with Crippen LogP contribution in [0.5, 0.6) is 11.5 Å². The third kappa shape index (κ3) is 4.07. The lowest BCUT2D eigenvalue weighted by molar-refractivity contribution is 0.0925. The van der Waals surface area contributed by atoms with Gasteiger partial charge in [0, 0.05) is 5.56 Å². The lowest BCUT2D eigenvalue weighted by Gasteiger charge is -2.23. The average Bonchev–Trinajstić information content (AvgIpc) is 2.59. The maximum absolute atomic E-state index is 12.6. The Balaban J connectivity index is 2.22. The standard InChI is InChI=1S/C20H25NO3/c1-13(2)19(15-8-10-17(23-4)11-9-15)21-20(22)16-7-6-14(3)18(12-16)24-5/h6-13,19H,1-5H3,(H,21,22). The van der Waals surface area contributed by atoms with Crippen LogP contribution in [-0.2, 0) is 0 Å². The maximum Gasteiger partial charge on any atom is 0.251 e. The molecule has 0 aromatic heterocycles. The van der Waals surface area contributed by atoms with Gasteiger partial charge < -0.3 is 14.8 Å². The Morgan fingerprint density at radius 1 is 1.00 bits per heavy atom. The van der Waals surface area contributed by atoms with Crippen molar-refractivity contribution in [3.63, 3.8) is 0 Å². The number of ether oxygens (including phenoxy) is 2. The van der Waals surface area contributed by atoms with Crippen LogP contribution in [0.1, 0.15) is 41.4 Å². The van der Waals surface area contributed by atoms with Crippen molar-refractivity contribution >= 4 is 5.91 Å². The minimum Gasteiger partial charge on any atom is -0.497 e. The largest absolute Gasteiger partial charge is 0.497 e. The maximum atomic E-state index is 12.6. The number of amides is 1. The van der Waals surface area contributed by atoms with Gasteiger partial charge >= 0.3 is 0 Å². The molecule has 1 atom stereocenters. The van der Waals surface area contributed by atoms with Gasteiger partial charge in [0.2, 0.25) is 0 Å². The van der Waals surface area contributed by atoms with Gasteiger partial charge in [-0.2, -0.15) is 0 Å². The van der Waals surface area contributed by atoms with E-state index in [-0.39, 0.29) is 17.9 Å². The van der Waals surface area contributed by atoms with Gasteiger partial charge in [-0.25, -0.2) is 0 Å². The molecule has 0 spiro atoms. The Morgan fingerprint density at radius 2 is 1.67 bits per heavy atom. The quantitative estimate of drug-likeness (QED) is 0.867. The Kier molecular flexibility index (Phi) is 5.85. The summed E-state index contributed by atoms with van der Waals surface area (Å²) in [5.41, 5.74) is 2.65. The molecule has 0 heterocycles. The van der Waals surface area contributed by atoms with Crippen LogP contribution in [0, 0.1) is 12.8 Å². The first-order chi connectivity index (χ1) is 11.5. The van der Waals surface area contributed by atoms with E-state index < -0.39 is 0 Å². The number of benzene rings is 2. The van der Waals surface area contributed by atoms with Crippen molar-refractivity contribution in [1.29, 1.82) is 0 Å². The van der Waals surface area contributed by atoms with Crippen LogP contribution >= 0.6 is 0 Å². The number of aryl methyl sites for hydroxylation is 1. The van der Waals surface area contributed by atoms with Crippen molar-refractivity contribution in [3.05, 3.63) is 59.2 Å². The van der Waals surface area contributed by atoms with E-state index in [2.05, 4.69) is 19.2 Å². The van der Waals surface area contributed by atoms with E-state index in [0.29, 0.717) is 11.3 Å². The fourth-order valence-corrected chi connectivity index (χ4v) is 2.63. The predicted octanol–water partition coefficient (Wildman–Crippen LogP) is 4.14. The molecule has 1 N–H and O–H groups in total. The summed E-state index contributed by atoms with van der Waals surface area (Å²) in [6.07, 6.45) is 0. The van der Waals surface area contributed by atoms with Gasteiger partial charge in [0.25, 0.3) is 5.91 Å². The highest BCUT2D eigenvalue weighted by Gasteiger charge is 2.19. The zero-order chi connectivity index (χ0) is 17.7. The molecule has 0 radical (unpaired) electrons. The molecule has 2 aromatic carbocycles. The van der Waals surface area contributed by atoms with Gasteiger partial charge in [0.05, 0.1) is 20.3 Å². The van der Waals surface area contributed by atoms with Gasteiger partial charge in [0.15, 0.2) is 0 Å². The Labute approximate surface area is 143 Å². The highest BCUT2D eigenvalue weighted by molar-refractivity contribution is 5.95. The summed E-state index contributed by atoms with van der Waals surface area (Å²) < 4.78 is 10.5. The second-order valence-corrected chi connectivity index (χ2v) is 6.15. The van der Waals surface area contributed by atoms with E-state index in [1.165, 1.54) is 0 Å². The zero-order valence-corrected chi connectivity index (χ0v) is 14.9. The number of hydrogen-bond donors (Lipinski definition) is 1. The molecule has 4 heteroatoms. The lowest BCUT2D eigenvalue weighted by Crippen LogP contribution is -2.31. The van der Waals surface area contributed by atoms with Gasteiger partial charge in [-0.05, 0) is 48.2 Å². The second-order valence-electron chi connectivity index (χ2n) is 6.15. The van der Waals surface area contributed by atoms with Crippen molar-refractivity contribution in [3.8, 4) is 11.5 Å². The summed E-state index contributed by atoms with van der Waals surface area (Å²) in [5, 5.41) is 3.12. The van der Waals surface area contributed by atoms with Crippen LogP contribution in [0.4, 0.5) is 0 Å². The van der Waals surface area contributed by atoms with Crippen molar-refractivity contribution in [1.82, 2.24) is 5.32 Å². The van der Waals surface area contributed by atoms with Gasteiger partial charge in [-0.15, -0.1) is 0 Å². The average molecular weight is 327 g/mol. The summed E-state index contributed by atoms with van der Waals surface area (Å²) in [4.78, 5) is 12.6. The lowest BCUT2D eigenvalue weighted by atomic mass is 9.95. The van der Waals surface area contributed by atoms with Crippen LogP contribution < -0.4 is 14.8 Å². The molecule has 2 aromatic rings. The van der Waals surface area contributed by atoms with E-state index in [0.717, 1.165) is 16.9 Å². The molecule has 0 aliphatic rings. The number of methoxy groups -OCH3 is 2. The van der Waals surface area contributed by atoms with Crippen molar-refractivity contribution < 1.29 is 14.3 Å². The highest BCUT2D eigenvalue weighted by atomic mass is 16.5. The number of carbonyl (C=O) groups excluding carboxylic acids is 1. The minimum absolute atomic E-state index is 0.0734.